The average molecular weight is 424 g/mol. The highest BCUT2D eigenvalue weighted by atomic mass is 16.6. The molecule has 2 aromatic rings. The van der Waals surface area contributed by atoms with E-state index in [9.17, 15) is 19.7 Å². The van der Waals surface area contributed by atoms with Crippen LogP contribution in [0.15, 0.2) is 42.5 Å². The van der Waals surface area contributed by atoms with Gasteiger partial charge >= 0.3 is 5.97 Å². The van der Waals surface area contributed by atoms with Gasteiger partial charge in [0.2, 0.25) is 5.78 Å². The molecule has 1 unspecified atom stereocenters. The molecule has 1 saturated heterocycles. The molecule has 0 spiro atoms. The summed E-state index contributed by atoms with van der Waals surface area (Å²) in [4.78, 5) is 38.4. The summed E-state index contributed by atoms with van der Waals surface area (Å²) < 4.78 is 5.32. The maximum Gasteiger partial charge on any atom is 0.339 e. The Kier molecular flexibility index (Phi) is 7.39. The molecule has 164 valence electrons. The van der Waals surface area contributed by atoms with Gasteiger partial charge in [-0.15, -0.1) is 0 Å². The second-order valence-electron chi connectivity index (χ2n) is 7.82. The van der Waals surface area contributed by atoms with Crippen LogP contribution in [0.2, 0.25) is 0 Å². The van der Waals surface area contributed by atoms with E-state index in [1.165, 1.54) is 19.1 Å². The Hall–Kier alpha value is -3.22. The number of hydrogen-bond donors (Lipinski definition) is 0. The summed E-state index contributed by atoms with van der Waals surface area (Å²) in [6.45, 7) is 5.05. The lowest BCUT2D eigenvalue weighted by Gasteiger charge is -2.22. The number of rotatable bonds is 7. The first-order chi connectivity index (χ1) is 14.9. The molecule has 2 aromatic carbocycles. The van der Waals surface area contributed by atoms with Crippen molar-refractivity contribution in [1.82, 2.24) is 0 Å². The van der Waals surface area contributed by atoms with Crippen LogP contribution in [0.1, 0.15) is 65.8 Å². The van der Waals surface area contributed by atoms with Crippen LogP contribution in [0.4, 0.5) is 11.4 Å². The number of ketones is 1. The number of nitro benzene ring substituents is 1. The number of nitrogens with zero attached hydrogens (tertiary/aromatic N) is 2. The minimum atomic E-state index is -0.996. The lowest BCUT2D eigenvalue weighted by molar-refractivity contribution is -0.384. The van der Waals surface area contributed by atoms with E-state index in [1.807, 2.05) is 24.0 Å². The van der Waals surface area contributed by atoms with Gasteiger partial charge in [-0.25, -0.2) is 4.79 Å². The topological polar surface area (TPSA) is 89.8 Å². The zero-order valence-corrected chi connectivity index (χ0v) is 18.0. The summed E-state index contributed by atoms with van der Waals surface area (Å²) in [6, 6.07) is 11.5. The van der Waals surface area contributed by atoms with Crippen molar-refractivity contribution in [3.8, 4) is 0 Å². The summed E-state index contributed by atoms with van der Waals surface area (Å²) in [7, 11) is 0. The van der Waals surface area contributed by atoms with Gasteiger partial charge in [-0.3, -0.25) is 14.9 Å². The Morgan fingerprint density at radius 1 is 1.03 bits per heavy atom. The SMILES string of the molecule is CCc1ccc(C(=O)C(C)OC(=O)c2ccc(N3CCCCCC3)c([N+](=O)[O-])c2)cc1. The van der Waals surface area contributed by atoms with E-state index in [0.717, 1.165) is 50.8 Å². The fourth-order valence-corrected chi connectivity index (χ4v) is 3.80. The number of ether oxygens (including phenoxy) is 1. The molecule has 0 N–H and O–H groups in total. The molecule has 1 fully saturated rings. The van der Waals surface area contributed by atoms with Crippen molar-refractivity contribution in [2.75, 3.05) is 18.0 Å². The summed E-state index contributed by atoms with van der Waals surface area (Å²) in [5, 5.41) is 11.7. The maximum absolute atomic E-state index is 12.6. The second kappa shape index (κ2) is 10.2. The highest BCUT2D eigenvalue weighted by Crippen LogP contribution is 2.31. The maximum atomic E-state index is 12.6. The number of Topliss-reactive ketones (excluding diaryl/α,β-unsaturated/α-hetero) is 1. The number of benzene rings is 2. The molecule has 1 aliphatic heterocycles. The monoisotopic (exact) mass is 424 g/mol. The van der Waals surface area contributed by atoms with E-state index >= 15 is 0 Å². The molecule has 0 aromatic heterocycles. The van der Waals surface area contributed by atoms with Gasteiger partial charge < -0.3 is 9.64 Å². The third-order valence-corrected chi connectivity index (χ3v) is 5.65. The van der Waals surface area contributed by atoms with Crippen molar-refractivity contribution in [2.45, 2.75) is 52.1 Å². The molecule has 3 rings (SSSR count). The molecular weight excluding hydrogens is 396 g/mol. The first kappa shape index (κ1) is 22.5. The van der Waals surface area contributed by atoms with Gasteiger partial charge in [-0.05, 0) is 43.9 Å². The van der Waals surface area contributed by atoms with E-state index in [-0.39, 0.29) is 17.0 Å². The number of nitro groups is 1. The Morgan fingerprint density at radius 3 is 2.23 bits per heavy atom. The van der Waals surface area contributed by atoms with Gasteiger partial charge in [0.15, 0.2) is 6.10 Å². The van der Waals surface area contributed by atoms with Gasteiger partial charge in [-0.1, -0.05) is 44.0 Å². The standard InChI is InChI=1S/C24H28N2O5/c1-3-18-8-10-19(11-9-18)23(27)17(2)31-24(28)20-12-13-21(22(16-20)26(29)30)25-14-6-4-5-7-15-25/h8-13,16-17H,3-7,14-15H2,1-2H3. The van der Waals surface area contributed by atoms with Gasteiger partial charge in [-0.2, -0.15) is 0 Å². The third-order valence-electron chi connectivity index (χ3n) is 5.65. The van der Waals surface area contributed by atoms with Crippen LogP contribution in [-0.2, 0) is 11.2 Å². The lowest BCUT2D eigenvalue weighted by Crippen LogP contribution is -2.26. The molecule has 1 atom stereocenters. The Labute approximate surface area is 182 Å². The zero-order valence-electron chi connectivity index (χ0n) is 18.0. The largest absolute Gasteiger partial charge is 0.451 e. The highest BCUT2D eigenvalue weighted by Gasteiger charge is 2.25. The molecule has 7 heteroatoms. The Balaban J connectivity index is 1.75. The van der Waals surface area contributed by atoms with Crippen LogP contribution >= 0.6 is 0 Å². The van der Waals surface area contributed by atoms with Crippen molar-refractivity contribution < 1.29 is 19.2 Å². The molecule has 0 amide bonds. The fraction of sp³-hybridized carbons (Fsp3) is 0.417. The van der Waals surface area contributed by atoms with Crippen molar-refractivity contribution in [2.24, 2.45) is 0 Å². The summed E-state index contributed by atoms with van der Waals surface area (Å²) in [5.41, 5.74) is 2.03. The first-order valence-electron chi connectivity index (χ1n) is 10.8. The number of esters is 1. The number of aryl methyl sites for hydroxylation is 1. The zero-order chi connectivity index (χ0) is 22.4. The van der Waals surface area contributed by atoms with Crippen molar-refractivity contribution in [3.63, 3.8) is 0 Å². The number of carbonyl (C=O) groups excluding carboxylic acids is 2. The molecule has 7 nitrogen and oxygen atoms in total. The van der Waals surface area contributed by atoms with Crippen molar-refractivity contribution in [3.05, 3.63) is 69.3 Å². The Bertz CT molecular complexity index is 947. The van der Waals surface area contributed by atoms with E-state index in [4.69, 9.17) is 4.74 Å². The minimum absolute atomic E-state index is 0.0613. The predicted octanol–water partition coefficient (Wildman–Crippen LogP) is 4.97. The second-order valence-corrected chi connectivity index (χ2v) is 7.82. The minimum Gasteiger partial charge on any atom is -0.451 e. The van der Waals surface area contributed by atoms with Crippen LogP contribution in [0.3, 0.4) is 0 Å². The summed E-state index contributed by atoms with van der Waals surface area (Å²) in [6.07, 6.45) is 4.07. The summed E-state index contributed by atoms with van der Waals surface area (Å²) in [5.74, 6) is -1.07. The lowest BCUT2D eigenvalue weighted by atomic mass is 10.0. The number of hydrogen-bond acceptors (Lipinski definition) is 6. The molecule has 1 heterocycles. The van der Waals surface area contributed by atoms with E-state index in [2.05, 4.69) is 0 Å². The number of carbonyl (C=O) groups is 2. The summed E-state index contributed by atoms with van der Waals surface area (Å²) >= 11 is 0. The molecule has 0 saturated carbocycles. The van der Waals surface area contributed by atoms with Gasteiger partial charge in [0.25, 0.3) is 5.69 Å². The van der Waals surface area contributed by atoms with Crippen LogP contribution in [-0.4, -0.2) is 35.9 Å². The third kappa shape index (κ3) is 5.48. The smallest absolute Gasteiger partial charge is 0.339 e. The molecule has 1 aliphatic rings. The van der Waals surface area contributed by atoms with Crippen LogP contribution < -0.4 is 4.90 Å². The quantitative estimate of drug-likeness (QED) is 0.270. The molecule has 0 bridgehead atoms. The molecule has 31 heavy (non-hydrogen) atoms. The number of anilines is 1. The molecule has 0 radical (unpaired) electrons. The fourth-order valence-electron chi connectivity index (χ4n) is 3.80. The van der Waals surface area contributed by atoms with E-state index < -0.39 is 17.0 Å². The van der Waals surface area contributed by atoms with Crippen LogP contribution in [0.25, 0.3) is 0 Å². The van der Waals surface area contributed by atoms with Crippen molar-refractivity contribution in [1.29, 1.82) is 0 Å². The predicted molar refractivity (Wildman–Crippen MR) is 119 cm³/mol. The van der Waals surface area contributed by atoms with E-state index in [0.29, 0.717) is 11.3 Å². The highest BCUT2D eigenvalue weighted by molar-refractivity contribution is 6.01. The Morgan fingerprint density at radius 2 is 1.65 bits per heavy atom. The van der Waals surface area contributed by atoms with Gasteiger partial charge in [0.1, 0.15) is 5.69 Å². The average Bonchev–Trinajstić information content (AvgIpc) is 3.07. The molecular formula is C24H28N2O5. The van der Waals surface area contributed by atoms with E-state index in [1.54, 1.807) is 18.2 Å². The molecule has 0 aliphatic carbocycles. The van der Waals surface area contributed by atoms with Gasteiger partial charge in [0, 0.05) is 24.7 Å². The van der Waals surface area contributed by atoms with Crippen LogP contribution in [0.5, 0.6) is 0 Å². The van der Waals surface area contributed by atoms with Crippen molar-refractivity contribution >= 4 is 23.1 Å². The van der Waals surface area contributed by atoms with Gasteiger partial charge in [0.05, 0.1) is 10.5 Å². The van der Waals surface area contributed by atoms with Crippen LogP contribution in [0, 0.1) is 10.1 Å². The normalized spacial score (nSPS) is 15.1. The first-order valence-corrected chi connectivity index (χ1v) is 10.8.